The molecule has 12 nitrogen and oxygen atoms in total. The van der Waals surface area contributed by atoms with Gasteiger partial charge in [0.05, 0.1) is 17.8 Å². The van der Waals surface area contributed by atoms with E-state index >= 15 is 0 Å². The molecular formula is C31H32O12. The van der Waals surface area contributed by atoms with E-state index in [9.17, 15) is 40.2 Å². The van der Waals surface area contributed by atoms with Gasteiger partial charge in [0.25, 0.3) is 0 Å². The number of rotatable bonds is 4. The van der Waals surface area contributed by atoms with E-state index in [1.54, 1.807) is 25.1 Å². The quantitative estimate of drug-likeness (QED) is 0.190. The number of fused-ring (bicyclic) bond motifs is 4. The van der Waals surface area contributed by atoms with E-state index in [0.717, 1.165) is 5.56 Å². The van der Waals surface area contributed by atoms with Crippen molar-refractivity contribution in [1.82, 2.24) is 0 Å². The molecule has 3 aromatic rings. The summed E-state index contributed by atoms with van der Waals surface area (Å²) in [5, 5.41) is 62.5. The summed E-state index contributed by atoms with van der Waals surface area (Å²) in [6.07, 6.45) is -13.6. The second-order valence-corrected chi connectivity index (χ2v) is 11.3. The molecule has 3 aliphatic rings. The third-order valence-corrected chi connectivity index (χ3v) is 8.30. The first-order valence-electron chi connectivity index (χ1n) is 13.9. The predicted molar refractivity (Wildman–Crippen MR) is 148 cm³/mol. The number of carbonyl (C=O) groups excluding carboxylic acids is 2. The number of ether oxygens (including phenoxy) is 4. The van der Waals surface area contributed by atoms with Gasteiger partial charge >= 0.3 is 0 Å². The zero-order valence-electron chi connectivity index (χ0n) is 23.4. The molecule has 1 aliphatic carbocycles. The van der Waals surface area contributed by atoms with Gasteiger partial charge in [0, 0.05) is 22.1 Å². The van der Waals surface area contributed by atoms with Gasteiger partial charge in [-0.25, -0.2) is 0 Å². The molecular weight excluding hydrogens is 564 g/mol. The highest BCUT2D eigenvalue weighted by atomic mass is 16.7. The van der Waals surface area contributed by atoms with Crippen LogP contribution < -0.4 is 9.47 Å². The molecule has 2 fully saturated rings. The summed E-state index contributed by atoms with van der Waals surface area (Å²) in [6.45, 7) is 4.82. The summed E-state index contributed by atoms with van der Waals surface area (Å²) in [7, 11) is 0. The van der Waals surface area contributed by atoms with Gasteiger partial charge in [-0.15, -0.1) is 0 Å². The van der Waals surface area contributed by atoms with Crippen LogP contribution in [-0.2, 0) is 9.47 Å². The van der Waals surface area contributed by atoms with Crippen LogP contribution in [0, 0.1) is 6.92 Å². The Hall–Kier alpha value is -3.46. The van der Waals surface area contributed by atoms with Crippen LogP contribution in [0.25, 0.3) is 10.8 Å². The van der Waals surface area contributed by atoms with Gasteiger partial charge in [-0.3, -0.25) is 9.59 Å². The lowest BCUT2D eigenvalue weighted by Crippen LogP contribution is -2.58. The van der Waals surface area contributed by atoms with Crippen LogP contribution in [0.4, 0.5) is 0 Å². The maximum Gasteiger partial charge on any atom is 0.229 e. The molecule has 43 heavy (non-hydrogen) atoms. The Bertz CT molecular complexity index is 1600. The first-order valence-corrected chi connectivity index (χ1v) is 13.9. The Labute approximate surface area is 245 Å². The largest absolute Gasteiger partial charge is 0.461 e. The van der Waals surface area contributed by atoms with Crippen molar-refractivity contribution in [3.63, 3.8) is 0 Å². The summed E-state index contributed by atoms with van der Waals surface area (Å²) in [5.74, 6) is -0.989. The molecule has 10 unspecified atom stereocenters. The number of aliphatic hydroxyl groups is 6. The summed E-state index contributed by atoms with van der Waals surface area (Å²) in [4.78, 5) is 28.1. The van der Waals surface area contributed by atoms with Crippen molar-refractivity contribution in [2.75, 3.05) is 0 Å². The van der Waals surface area contributed by atoms with Gasteiger partial charge in [-0.05, 0) is 49.9 Å². The predicted octanol–water partition coefficient (Wildman–Crippen LogP) is 0.336. The van der Waals surface area contributed by atoms with Crippen LogP contribution in [0.5, 0.6) is 11.5 Å². The van der Waals surface area contributed by atoms with Crippen molar-refractivity contribution in [3.8, 4) is 11.5 Å². The first-order chi connectivity index (χ1) is 20.4. The van der Waals surface area contributed by atoms with Crippen LogP contribution in [0.2, 0.25) is 0 Å². The number of hydrogen-bond acceptors (Lipinski definition) is 12. The third kappa shape index (κ3) is 4.80. The summed E-state index contributed by atoms with van der Waals surface area (Å²) in [6, 6.07) is 11.0. The molecule has 0 bridgehead atoms. The van der Waals surface area contributed by atoms with Gasteiger partial charge in [-0.1, -0.05) is 24.3 Å². The lowest BCUT2D eigenvalue weighted by Gasteiger charge is -2.39. The molecule has 10 atom stereocenters. The lowest BCUT2D eigenvalue weighted by atomic mass is 9.81. The number of benzene rings is 3. The molecule has 0 aromatic heterocycles. The van der Waals surface area contributed by atoms with Gasteiger partial charge in [0.2, 0.25) is 12.6 Å². The number of ketones is 2. The van der Waals surface area contributed by atoms with Crippen LogP contribution in [0.1, 0.15) is 51.3 Å². The Morgan fingerprint density at radius 3 is 1.77 bits per heavy atom. The van der Waals surface area contributed by atoms with E-state index in [-0.39, 0.29) is 33.8 Å². The topological polar surface area (TPSA) is 192 Å². The minimum Gasteiger partial charge on any atom is -0.461 e. The van der Waals surface area contributed by atoms with Crippen molar-refractivity contribution in [1.29, 1.82) is 0 Å². The van der Waals surface area contributed by atoms with Crippen molar-refractivity contribution in [3.05, 3.63) is 70.3 Å². The van der Waals surface area contributed by atoms with Crippen molar-refractivity contribution in [2.24, 2.45) is 0 Å². The second-order valence-electron chi connectivity index (χ2n) is 11.3. The molecule has 0 amide bonds. The standard InChI is InChI=1S/C31H32O12/c1-11-9-14-7-8-16-21(19(14)18(10-11)43-31-29(39)27(37)23(33)13(3)41-31)25(35)15-5-4-6-17(20(15)24(16)34)42-30-28(38)26(36)22(32)12(2)40-30/h4-10,12-13,22-23,26-33,36-39H,1-3H3. The summed E-state index contributed by atoms with van der Waals surface area (Å²) >= 11 is 0. The number of carbonyl (C=O) groups is 2. The first kappa shape index (κ1) is 29.6. The molecule has 3 aromatic carbocycles. The Balaban J connectivity index is 1.42. The van der Waals surface area contributed by atoms with Gasteiger partial charge < -0.3 is 49.6 Å². The Morgan fingerprint density at radius 2 is 1.16 bits per heavy atom. The molecule has 228 valence electrons. The van der Waals surface area contributed by atoms with Gasteiger partial charge in [0.15, 0.2) is 11.6 Å². The maximum absolute atomic E-state index is 14.1. The van der Waals surface area contributed by atoms with Gasteiger partial charge in [-0.2, -0.15) is 0 Å². The average Bonchev–Trinajstić information content (AvgIpc) is 2.98. The minimum absolute atomic E-state index is 0.0223. The Kier molecular flexibility index (Phi) is 7.51. The highest BCUT2D eigenvalue weighted by Gasteiger charge is 2.45. The zero-order valence-corrected chi connectivity index (χ0v) is 23.4. The van der Waals surface area contributed by atoms with E-state index in [1.165, 1.54) is 38.1 Å². The van der Waals surface area contributed by atoms with E-state index in [4.69, 9.17) is 18.9 Å². The molecule has 0 spiro atoms. The normalized spacial score (nSPS) is 34.1. The monoisotopic (exact) mass is 596 g/mol. The molecule has 6 N–H and O–H groups in total. The van der Waals surface area contributed by atoms with E-state index < -0.39 is 73.0 Å². The molecule has 2 saturated heterocycles. The maximum atomic E-state index is 14.1. The molecule has 0 radical (unpaired) electrons. The average molecular weight is 597 g/mol. The number of aliphatic hydroxyl groups excluding tert-OH is 6. The van der Waals surface area contributed by atoms with Crippen molar-refractivity contribution < 1.29 is 59.2 Å². The SMILES string of the molecule is Cc1cc(OC2OC(C)C(O)C(O)C2O)c2c3c(ccc2c1)C(=O)c1c(OC2OC(C)C(O)C(O)C2O)cccc1C3=O. The molecule has 0 saturated carbocycles. The smallest absolute Gasteiger partial charge is 0.229 e. The van der Waals surface area contributed by atoms with Crippen LogP contribution in [-0.4, -0.2) is 104 Å². The third-order valence-electron chi connectivity index (χ3n) is 8.30. The summed E-state index contributed by atoms with van der Waals surface area (Å²) in [5.41, 5.74) is 0.823. The fourth-order valence-corrected chi connectivity index (χ4v) is 5.88. The molecule has 2 aliphatic heterocycles. The second kappa shape index (κ2) is 10.9. The molecule has 2 heterocycles. The fraction of sp³-hybridized carbons (Fsp3) is 0.419. The zero-order chi connectivity index (χ0) is 30.9. The molecule has 6 rings (SSSR count). The van der Waals surface area contributed by atoms with Crippen molar-refractivity contribution >= 4 is 22.3 Å². The number of aryl methyl sites for hydroxylation is 1. The van der Waals surface area contributed by atoms with Crippen LogP contribution in [0.15, 0.2) is 42.5 Å². The van der Waals surface area contributed by atoms with E-state index in [2.05, 4.69) is 0 Å². The van der Waals surface area contributed by atoms with Crippen LogP contribution >= 0.6 is 0 Å². The van der Waals surface area contributed by atoms with Gasteiger partial charge in [0.1, 0.15) is 48.1 Å². The minimum atomic E-state index is -1.63. The fourth-order valence-electron chi connectivity index (χ4n) is 5.88. The number of hydrogen-bond donors (Lipinski definition) is 6. The van der Waals surface area contributed by atoms with Crippen LogP contribution in [0.3, 0.4) is 0 Å². The van der Waals surface area contributed by atoms with E-state index in [1.807, 2.05) is 0 Å². The summed E-state index contributed by atoms with van der Waals surface area (Å²) < 4.78 is 23.0. The highest BCUT2D eigenvalue weighted by molar-refractivity contribution is 6.33. The highest BCUT2D eigenvalue weighted by Crippen LogP contribution is 2.41. The van der Waals surface area contributed by atoms with Crippen molar-refractivity contribution in [2.45, 2.75) is 82.2 Å². The lowest BCUT2D eigenvalue weighted by molar-refractivity contribution is -0.268. The van der Waals surface area contributed by atoms with E-state index in [0.29, 0.717) is 10.8 Å². The Morgan fingerprint density at radius 1 is 0.628 bits per heavy atom. The molecule has 12 heteroatoms.